The first-order valence-electron chi connectivity index (χ1n) is 7.20. The first-order chi connectivity index (χ1) is 9.11. The maximum absolute atomic E-state index is 12.5. The highest BCUT2D eigenvalue weighted by Crippen LogP contribution is 2.25. The van der Waals surface area contributed by atoms with Crippen LogP contribution in [-0.2, 0) is 6.42 Å². The molecule has 0 spiro atoms. The molecule has 1 aromatic rings. The molecule has 0 aromatic heterocycles. The van der Waals surface area contributed by atoms with Crippen LogP contribution in [0.15, 0.2) is 24.3 Å². The molecular weight excluding hydrogens is 236 g/mol. The zero-order chi connectivity index (χ0) is 13.8. The average molecular weight is 260 g/mol. The molecule has 3 nitrogen and oxygen atoms in total. The zero-order valence-corrected chi connectivity index (χ0v) is 11.9. The van der Waals surface area contributed by atoms with Gasteiger partial charge >= 0.3 is 0 Å². The number of nitrogens with two attached hydrogens (primary N) is 1. The number of carbonyl (C=O) groups is 1. The van der Waals surface area contributed by atoms with Gasteiger partial charge < -0.3 is 10.6 Å². The van der Waals surface area contributed by atoms with E-state index in [4.69, 9.17) is 5.73 Å². The molecule has 1 amide bonds. The van der Waals surface area contributed by atoms with Gasteiger partial charge in [-0.25, -0.2) is 0 Å². The third-order valence-electron chi connectivity index (χ3n) is 4.06. The lowest BCUT2D eigenvalue weighted by atomic mass is 9.95. The highest BCUT2D eigenvalue weighted by Gasteiger charge is 2.28. The topological polar surface area (TPSA) is 46.3 Å². The van der Waals surface area contributed by atoms with Crippen molar-refractivity contribution in [3.63, 3.8) is 0 Å². The number of likely N-dealkylation sites (tertiary alicyclic amines) is 1. The van der Waals surface area contributed by atoms with Gasteiger partial charge in [-0.15, -0.1) is 0 Å². The number of hydrogen-bond donors (Lipinski definition) is 1. The van der Waals surface area contributed by atoms with Gasteiger partial charge in [0.2, 0.25) is 0 Å². The maximum Gasteiger partial charge on any atom is 0.253 e. The molecule has 0 radical (unpaired) electrons. The van der Waals surface area contributed by atoms with Crippen LogP contribution in [0.25, 0.3) is 0 Å². The van der Waals surface area contributed by atoms with Gasteiger partial charge in [0.1, 0.15) is 0 Å². The lowest BCUT2D eigenvalue weighted by Gasteiger charge is -2.18. The summed E-state index contributed by atoms with van der Waals surface area (Å²) >= 11 is 0. The minimum atomic E-state index is 0.169. The Labute approximate surface area is 115 Å². The van der Waals surface area contributed by atoms with Crippen LogP contribution in [0.4, 0.5) is 0 Å². The van der Waals surface area contributed by atoms with Gasteiger partial charge in [0, 0.05) is 18.7 Å². The molecule has 0 saturated carbocycles. The molecule has 1 fully saturated rings. The number of rotatable bonds is 4. The van der Waals surface area contributed by atoms with Crippen molar-refractivity contribution in [3.8, 4) is 0 Å². The highest BCUT2D eigenvalue weighted by atomic mass is 16.2. The molecule has 0 aliphatic carbocycles. The molecule has 1 saturated heterocycles. The standard InChI is InChI=1S/C16H24N2O/c1-12(2)15-7-9-18(11-15)16(19)14-5-3-4-13(10-14)6-8-17/h3-5,10,12,15H,6-9,11,17H2,1-2H3. The molecule has 1 aromatic carbocycles. The van der Waals surface area contributed by atoms with Crippen molar-refractivity contribution in [3.05, 3.63) is 35.4 Å². The Morgan fingerprint density at radius 1 is 1.47 bits per heavy atom. The van der Waals surface area contributed by atoms with Crippen molar-refractivity contribution in [2.24, 2.45) is 17.6 Å². The SMILES string of the molecule is CC(C)C1CCN(C(=O)c2cccc(CCN)c2)C1. The van der Waals surface area contributed by atoms with Gasteiger partial charge in [-0.1, -0.05) is 26.0 Å². The Morgan fingerprint density at radius 3 is 2.89 bits per heavy atom. The number of amides is 1. The quantitative estimate of drug-likeness (QED) is 0.903. The predicted octanol–water partition coefficient (Wildman–Crippen LogP) is 2.31. The van der Waals surface area contributed by atoms with Crippen molar-refractivity contribution in [1.29, 1.82) is 0 Å². The van der Waals surface area contributed by atoms with Crippen LogP contribution in [0.2, 0.25) is 0 Å². The van der Waals surface area contributed by atoms with E-state index in [1.807, 2.05) is 29.2 Å². The molecule has 1 unspecified atom stereocenters. The van der Waals surface area contributed by atoms with Crippen molar-refractivity contribution < 1.29 is 4.79 Å². The van der Waals surface area contributed by atoms with Crippen LogP contribution < -0.4 is 5.73 Å². The normalized spacial score (nSPS) is 19.2. The van der Waals surface area contributed by atoms with E-state index in [0.717, 1.165) is 37.1 Å². The summed E-state index contributed by atoms with van der Waals surface area (Å²) in [4.78, 5) is 14.5. The Morgan fingerprint density at radius 2 is 2.26 bits per heavy atom. The van der Waals surface area contributed by atoms with E-state index in [0.29, 0.717) is 18.4 Å². The summed E-state index contributed by atoms with van der Waals surface area (Å²) in [7, 11) is 0. The maximum atomic E-state index is 12.5. The molecule has 1 aliphatic heterocycles. The third-order valence-corrected chi connectivity index (χ3v) is 4.06. The van der Waals surface area contributed by atoms with Crippen LogP contribution in [0.3, 0.4) is 0 Å². The monoisotopic (exact) mass is 260 g/mol. The van der Waals surface area contributed by atoms with E-state index in [2.05, 4.69) is 13.8 Å². The highest BCUT2D eigenvalue weighted by molar-refractivity contribution is 5.94. The summed E-state index contributed by atoms with van der Waals surface area (Å²) in [6, 6.07) is 7.88. The summed E-state index contributed by atoms with van der Waals surface area (Å²) in [5, 5.41) is 0. The van der Waals surface area contributed by atoms with Gasteiger partial charge in [0.05, 0.1) is 0 Å². The van der Waals surface area contributed by atoms with E-state index in [-0.39, 0.29) is 5.91 Å². The van der Waals surface area contributed by atoms with Crippen LogP contribution in [-0.4, -0.2) is 30.4 Å². The fraction of sp³-hybridized carbons (Fsp3) is 0.562. The number of benzene rings is 1. The van der Waals surface area contributed by atoms with Crippen LogP contribution in [0.1, 0.15) is 36.2 Å². The second-order valence-electron chi connectivity index (χ2n) is 5.78. The molecule has 104 valence electrons. The lowest BCUT2D eigenvalue weighted by molar-refractivity contribution is 0.0784. The summed E-state index contributed by atoms with van der Waals surface area (Å²) in [6.07, 6.45) is 1.96. The first-order valence-corrected chi connectivity index (χ1v) is 7.20. The fourth-order valence-corrected chi connectivity index (χ4v) is 2.73. The Balaban J connectivity index is 2.06. The average Bonchev–Trinajstić information content (AvgIpc) is 2.88. The van der Waals surface area contributed by atoms with E-state index in [9.17, 15) is 4.79 Å². The van der Waals surface area contributed by atoms with E-state index in [1.54, 1.807) is 0 Å². The Bertz CT molecular complexity index is 442. The Kier molecular flexibility index (Phi) is 4.59. The van der Waals surface area contributed by atoms with E-state index < -0.39 is 0 Å². The Hall–Kier alpha value is -1.35. The van der Waals surface area contributed by atoms with Gasteiger partial charge in [0.15, 0.2) is 0 Å². The molecule has 1 aliphatic rings. The molecule has 19 heavy (non-hydrogen) atoms. The number of hydrogen-bond acceptors (Lipinski definition) is 2. The number of carbonyl (C=O) groups excluding carboxylic acids is 1. The van der Waals surface area contributed by atoms with Gasteiger partial charge in [-0.05, 0) is 48.9 Å². The van der Waals surface area contributed by atoms with Crippen molar-refractivity contribution in [1.82, 2.24) is 4.90 Å². The molecule has 1 heterocycles. The molecule has 3 heteroatoms. The van der Waals surface area contributed by atoms with Crippen LogP contribution >= 0.6 is 0 Å². The van der Waals surface area contributed by atoms with Gasteiger partial charge in [-0.2, -0.15) is 0 Å². The van der Waals surface area contributed by atoms with Gasteiger partial charge in [0.25, 0.3) is 5.91 Å². The summed E-state index contributed by atoms with van der Waals surface area (Å²) in [6.45, 7) is 6.89. The van der Waals surface area contributed by atoms with Crippen LogP contribution in [0.5, 0.6) is 0 Å². The van der Waals surface area contributed by atoms with Crippen molar-refractivity contribution in [2.45, 2.75) is 26.7 Å². The minimum absolute atomic E-state index is 0.169. The zero-order valence-electron chi connectivity index (χ0n) is 11.9. The summed E-state index contributed by atoms with van der Waals surface area (Å²) in [5.74, 6) is 1.47. The number of nitrogens with zero attached hydrogens (tertiary/aromatic N) is 1. The predicted molar refractivity (Wildman–Crippen MR) is 78.0 cm³/mol. The second kappa shape index (κ2) is 6.20. The molecule has 1 atom stereocenters. The van der Waals surface area contributed by atoms with Crippen LogP contribution in [0, 0.1) is 11.8 Å². The van der Waals surface area contributed by atoms with Gasteiger partial charge in [-0.3, -0.25) is 4.79 Å². The van der Waals surface area contributed by atoms with Crippen molar-refractivity contribution in [2.75, 3.05) is 19.6 Å². The molecule has 2 rings (SSSR count). The fourth-order valence-electron chi connectivity index (χ4n) is 2.73. The van der Waals surface area contributed by atoms with Crippen molar-refractivity contribution >= 4 is 5.91 Å². The summed E-state index contributed by atoms with van der Waals surface area (Å²) < 4.78 is 0. The molecular formula is C16H24N2O. The smallest absolute Gasteiger partial charge is 0.253 e. The minimum Gasteiger partial charge on any atom is -0.338 e. The third kappa shape index (κ3) is 3.35. The second-order valence-corrected chi connectivity index (χ2v) is 5.78. The largest absolute Gasteiger partial charge is 0.338 e. The summed E-state index contributed by atoms with van der Waals surface area (Å²) in [5.41, 5.74) is 7.51. The van der Waals surface area contributed by atoms with E-state index >= 15 is 0 Å². The van der Waals surface area contributed by atoms with E-state index in [1.165, 1.54) is 0 Å². The molecule has 0 bridgehead atoms. The first kappa shape index (κ1) is 14.1. The lowest BCUT2D eigenvalue weighted by Crippen LogP contribution is -2.29. The molecule has 2 N–H and O–H groups in total.